The molecule has 0 amide bonds. The van der Waals surface area contributed by atoms with E-state index >= 15 is 0 Å². The Balaban J connectivity index is 2.09. The monoisotopic (exact) mass is 309 g/mol. The van der Waals surface area contributed by atoms with E-state index in [0.717, 1.165) is 11.3 Å². The molecule has 0 saturated carbocycles. The van der Waals surface area contributed by atoms with Crippen LogP contribution < -0.4 is 4.74 Å². The van der Waals surface area contributed by atoms with Gasteiger partial charge in [0.15, 0.2) is 0 Å². The van der Waals surface area contributed by atoms with Crippen molar-refractivity contribution in [2.45, 2.75) is 6.92 Å². The van der Waals surface area contributed by atoms with E-state index in [-0.39, 0.29) is 11.6 Å². The fraction of sp³-hybridized carbons (Fsp3) is 0.100. The van der Waals surface area contributed by atoms with Crippen LogP contribution in [0.3, 0.4) is 0 Å². The molecule has 3 aromatic carbocycles. The van der Waals surface area contributed by atoms with Gasteiger partial charge in [-0.15, -0.1) is 0 Å². The van der Waals surface area contributed by atoms with Crippen molar-refractivity contribution in [3.8, 4) is 28.0 Å². The van der Waals surface area contributed by atoms with Gasteiger partial charge in [0.25, 0.3) is 0 Å². The summed E-state index contributed by atoms with van der Waals surface area (Å²) in [6.07, 6.45) is 0. The van der Waals surface area contributed by atoms with E-state index < -0.39 is 0 Å². The summed E-state index contributed by atoms with van der Waals surface area (Å²) < 4.78 is 32.9. The van der Waals surface area contributed by atoms with Gasteiger partial charge in [0.05, 0.1) is 6.61 Å². The summed E-state index contributed by atoms with van der Waals surface area (Å²) in [6.45, 7) is 2.51. The van der Waals surface area contributed by atoms with Crippen molar-refractivity contribution in [2.75, 3.05) is 6.61 Å². The first-order valence-corrected chi connectivity index (χ1v) is 7.38. The second-order valence-electron chi connectivity index (χ2n) is 5.04. The van der Waals surface area contributed by atoms with Crippen LogP contribution in [0.5, 0.6) is 5.75 Å². The Bertz CT molecular complexity index is 793. The van der Waals surface area contributed by atoms with Gasteiger partial charge < -0.3 is 4.74 Å². The molecule has 0 atom stereocenters. The van der Waals surface area contributed by atoms with E-state index in [0.29, 0.717) is 23.3 Å². The van der Waals surface area contributed by atoms with Crippen molar-refractivity contribution in [1.29, 1.82) is 0 Å². The molecule has 0 heterocycles. The highest BCUT2D eigenvalue weighted by Gasteiger charge is 2.13. The Morgan fingerprint density at radius 1 is 0.870 bits per heavy atom. The second-order valence-corrected chi connectivity index (χ2v) is 5.04. The maximum Gasteiger partial charge on any atom is 0.131 e. The van der Waals surface area contributed by atoms with Gasteiger partial charge in [-0.25, -0.2) is 8.78 Å². The molecule has 23 heavy (non-hydrogen) atoms. The van der Waals surface area contributed by atoms with Crippen LogP contribution in [0.15, 0.2) is 60.7 Å². The summed E-state index contributed by atoms with van der Waals surface area (Å²) in [5.74, 6) is 0.0481. The number of rotatable bonds is 4. The van der Waals surface area contributed by atoms with Crippen LogP contribution in [-0.2, 0) is 0 Å². The molecule has 0 bridgehead atoms. The summed E-state index contributed by atoms with van der Waals surface area (Å²) in [6, 6.07) is 19.2. The van der Waals surface area contributed by atoms with E-state index in [1.165, 1.54) is 18.2 Å². The lowest BCUT2D eigenvalue weighted by Gasteiger charge is -2.12. The maximum atomic E-state index is 14.4. The highest BCUT2D eigenvalue weighted by Crippen LogP contribution is 2.34. The minimum absolute atomic E-state index is 0.350. The summed E-state index contributed by atoms with van der Waals surface area (Å²) >= 11 is 0. The van der Waals surface area contributed by atoms with Crippen molar-refractivity contribution >= 4 is 0 Å². The van der Waals surface area contributed by atoms with E-state index in [4.69, 9.17) is 4.74 Å². The Morgan fingerprint density at radius 2 is 1.52 bits per heavy atom. The Morgan fingerprint density at radius 3 is 2.17 bits per heavy atom. The third-order valence-electron chi connectivity index (χ3n) is 3.53. The van der Waals surface area contributed by atoms with Crippen molar-refractivity contribution in [1.82, 2.24) is 0 Å². The predicted molar refractivity (Wildman–Crippen MR) is 87.2 cm³/mol. The van der Waals surface area contributed by atoms with Crippen LogP contribution in [-0.4, -0.2) is 6.61 Å². The molecule has 115 valence electrons. The van der Waals surface area contributed by atoms with Gasteiger partial charge in [-0.05, 0) is 54.4 Å². The van der Waals surface area contributed by atoms with Crippen molar-refractivity contribution in [2.24, 2.45) is 0 Å². The van der Waals surface area contributed by atoms with Crippen molar-refractivity contribution in [3.63, 3.8) is 0 Å². The number of ether oxygens (including phenoxy) is 1. The molecule has 3 rings (SSSR count). The number of hydrogen-bond acceptors (Lipinski definition) is 1. The SMILES string of the molecule is CCOc1ccc(-c2[c]ccc(F)c2-c2ccc(F)cc2)cc1. The number of hydrogen-bond donors (Lipinski definition) is 0. The summed E-state index contributed by atoms with van der Waals surface area (Å²) in [5, 5.41) is 0. The average molecular weight is 309 g/mol. The molecule has 0 N–H and O–H groups in total. The minimum atomic E-state index is -0.362. The minimum Gasteiger partial charge on any atom is -0.494 e. The molecule has 0 saturated heterocycles. The van der Waals surface area contributed by atoms with E-state index in [1.54, 1.807) is 18.2 Å². The van der Waals surface area contributed by atoms with Gasteiger partial charge in [-0.2, -0.15) is 0 Å². The van der Waals surface area contributed by atoms with E-state index in [1.807, 2.05) is 31.2 Å². The highest BCUT2D eigenvalue weighted by atomic mass is 19.1. The Hall–Kier alpha value is -2.68. The van der Waals surface area contributed by atoms with Crippen LogP contribution in [0, 0.1) is 17.7 Å². The zero-order valence-corrected chi connectivity index (χ0v) is 12.6. The molecule has 0 aromatic heterocycles. The lowest BCUT2D eigenvalue weighted by Crippen LogP contribution is -1.92. The van der Waals surface area contributed by atoms with Gasteiger partial charge in [0.2, 0.25) is 0 Å². The van der Waals surface area contributed by atoms with Gasteiger partial charge in [-0.1, -0.05) is 30.3 Å². The molecule has 0 spiro atoms. The van der Waals surface area contributed by atoms with Crippen LogP contribution in [0.4, 0.5) is 8.78 Å². The summed E-state index contributed by atoms with van der Waals surface area (Å²) in [7, 11) is 0. The molecular formula is C20H15F2O. The van der Waals surface area contributed by atoms with E-state index in [9.17, 15) is 8.78 Å². The Labute approximate surface area is 134 Å². The molecule has 0 fully saturated rings. The van der Waals surface area contributed by atoms with Gasteiger partial charge in [0, 0.05) is 11.1 Å². The van der Waals surface area contributed by atoms with Crippen molar-refractivity contribution in [3.05, 3.63) is 78.4 Å². The molecule has 0 unspecified atom stereocenters. The first-order chi connectivity index (χ1) is 11.2. The normalized spacial score (nSPS) is 10.6. The topological polar surface area (TPSA) is 9.23 Å². The average Bonchev–Trinajstić information content (AvgIpc) is 2.57. The zero-order chi connectivity index (χ0) is 16.2. The molecule has 0 aliphatic rings. The van der Waals surface area contributed by atoms with Crippen molar-refractivity contribution < 1.29 is 13.5 Å². The third kappa shape index (κ3) is 3.24. The van der Waals surface area contributed by atoms with Crippen LogP contribution in [0.1, 0.15) is 6.92 Å². The van der Waals surface area contributed by atoms with Crippen LogP contribution in [0.2, 0.25) is 0 Å². The van der Waals surface area contributed by atoms with Crippen LogP contribution in [0.25, 0.3) is 22.3 Å². The summed E-state index contributed by atoms with van der Waals surface area (Å²) in [5.41, 5.74) is 2.49. The molecule has 3 aromatic rings. The second kappa shape index (κ2) is 6.61. The number of halogens is 2. The molecule has 1 nitrogen and oxygen atoms in total. The molecule has 1 radical (unpaired) electrons. The van der Waals surface area contributed by atoms with Gasteiger partial charge >= 0.3 is 0 Å². The fourth-order valence-electron chi connectivity index (χ4n) is 2.48. The zero-order valence-electron chi connectivity index (χ0n) is 12.6. The lowest BCUT2D eigenvalue weighted by atomic mass is 9.94. The molecule has 0 aliphatic carbocycles. The first kappa shape index (κ1) is 15.2. The predicted octanol–water partition coefficient (Wildman–Crippen LogP) is 5.50. The standard InChI is InChI=1S/C20H15F2O/c1-2-23-17-12-8-14(9-13-17)18-4-3-5-19(22)20(18)15-6-10-16(21)11-7-15/h3,5-13H,2H2,1H3. The largest absolute Gasteiger partial charge is 0.494 e. The van der Waals surface area contributed by atoms with E-state index in [2.05, 4.69) is 6.07 Å². The first-order valence-electron chi connectivity index (χ1n) is 7.38. The lowest BCUT2D eigenvalue weighted by molar-refractivity contribution is 0.340. The smallest absolute Gasteiger partial charge is 0.131 e. The highest BCUT2D eigenvalue weighted by molar-refractivity contribution is 5.83. The molecule has 3 heteroatoms. The molecule has 0 aliphatic heterocycles. The third-order valence-corrected chi connectivity index (χ3v) is 3.53. The fourth-order valence-corrected chi connectivity index (χ4v) is 2.48. The maximum absolute atomic E-state index is 14.4. The van der Waals surface area contributed by atoms with Crippen LogP contribution >= 0.6 is 0 Å². The van der Waals surface area contributed by atoms with Gasteiger partial charge in [-0.3, -0.25) is 0 Å². The Kier molecular flexibility index (Phi) is 4.38. The quantitative estimate of drug-likeness (QED) is 0.618. The number of benzene rings is 3. The summed E-state index contributed by atoms with van der Waals surface area (Å²) in [4.78, 5) is 0. The van der Waals surface area contributed by atoms with Gasteiger partial charge in [0.1, 0.15) is 17.4 Å². The molecular weight excluding hydrogens is 294 g/mol.